The van der Waals surface area contributed by atoms with Crippen LogP contribution in [0.2, 0.25) is 0 Å². The first kappa shape index (κ1) is 23.5. The molecule has 1 aromatic heterocycles. The quantitative estimate of drug-likeness (QED) is 0.255. The molecule has 5 rings (SSSR count). The number of carbonyl (C=O) groups is 1. The molecule has 0 saturated carbocycles. The fraction of sp³-hybridized carbons (Fsp3) is 0.241. The van der Waals surface area contributed by atoms with Crippen molar-refractivity contribution < 1.29 is 28.2 Å². The Balaban J connectivity index is 1.68. The molecular formula is C29H26O7. The van der Waals surface area contributed by atoms with Gasteiger partial charge >= 0.3 is 5.97 Å². The van der Waals surface area contributed by atoms with Crippen LogP contribution in [-0.4, -0.2) is 26.3 Å². The molecule has 2 heterocycles. The van der Waals surface area contributed by atoms with E-state index in [4.69, 9.17) is 23.4 Å². The first-order valence-corrected chi connectivity index (χ1v) is 11.7. The first-order chi connectivity index (χ1) is 17.4. The van der Waals surface area contributed by atoms with Crippen LogP contribution in [0.25, 0.3) is 22.1 Å². The number of ether oxygens (including phenoxy) is 4. The predicted octanol–water partition coefficient (Wildman–Crippen LogP) is 5.71. The lowest BCUT2D eigenvalue weighted by Gasteiger charge is -2.26. The zero-order valence-corrected chi connectivity index (χ0v) is 20.5. The number of benzene rings is 3. The van der Waals surface area contributed by atoms with Gasteiger partial charge in [0.2, 0.25) is 5.43 Å². The Morgan fingerprint density at radius 3 is 2.25 bits per heavy atom. The fourth-order valence-corrected chi connectivity index (χ4v) is 4.58. The summed E-state index contributed by atoms with van der Waals surface area (Å²) in [6, 6.07) is 16.3. The predicted molar refractivity (Wildman–Crippen MR) is 135 cm³/mol. The number of methoxy groups -OCH3 is 2. The van der Waals surface area contributed by atoms with E-state index in [1.54, 1.807) is 37.4 Å². The summed E-state index contributed by atoms with van der Waals surface area (Å²) in [5.41, 5.74) is 2.71. The Bertz CT molecular complexity index is 1480. The van der Waals surface area contributed by atoms with E-state index in [1.807, 2.05) is 38.1 Å². The second-order valence-electron chi connectivity index (χ2n) is 8.87. The summed E-state index contributed by atoms with van der Waals surface area (Å²) in [7, 11) is 3.05. The Kier molecular flexibility index (Phi) is 6.14. The highest BCUT2D eigenvalue weighted by Gasteiger charge is 2.34. The lowest BCUT2D eigenvalue weighted by atomic mass is 9.85. The molecule has 3 aromatic carbocycles. The highest BCUT2D eigenvalue weighted by atomic mass is 16.5. The first-order valence-electron chi connectivity index (χ1n) is 11.7. The average Bonchev–Trinajstić information content (AvgIpc) is 2.88. The molecule has 1 aliphatic rings. The molecule has 7 heteroatoms. The van der Waals surface area contributed by atoms with Gasteiger partial charge in [-0.15, -0.1) is 0 Å². The van der Waals surface area contributed by atoms with Gasteiger partial charge in [0.15, 0.2) is 0 Å². The van der Waals surface area contributed by atoms with Crippen molar-refractivity contribution in [3.05, 3.63) is 82.2 Å². The third-order valence-corrected chi connectivity index (χ3v) is 6.23. The van der Waals surface area contributed by atoms with Gasteiger partial charge in [-0.3, -0.25) is 9.59 Å². The van der Waals surface area contributed by atoms with Gasteiger partial charge in [-0.25, -0.2) is 0 Å². The van der Waals surface area contributed by atoms with E-state index >= 15 is 0 Å². The number of hydrogen-bond donors (Lipinski definition) is 0. The van der Waals surface area contributed by atoms with Crippen molar-refractivity contribution in [3.8, 4) is 34.1 Å². The molecule has 7 nitrogen and oxygen atoms in total. The van der Waals surface area contributed by atoms with Crippen LogP contribution in [0.1, 0.15) is 37.3 Å². The van der Waals surface area contributed by atoms with E-state index in [1.165, 1.54) is 13.4 Å². The number of hydrogen-bond acceptors (Lipinski definition) is 7. The van der Waals surface area contributed by atoms with E-state index < -0.39 is 0 Å². The third-order valence-electron chi connectivity index (χ3n) is 6.23. The van der Waals surface area contributed by atoms with Crippen LogP contribution in [-0.2, 0) is 4.79 Å². The molecule has 0 amide bonds. The molecule has 4 aromatic rings. The summed E-state index contributed by atoms with van der Waals surface area (Å²) in [4.78, 5) is 26.2. The fourth-order valence-electron chi connectivity index (χ4n) is 4.58. The lowest BCUT2D eigenvalue weighted by molar-refractivity contribution is -0.135. The number of carbonyl (C=O) groups excluding carboxylic acids is 1. The second kappa shape index (κ2) is 9.41. The summed E-state index contributed by atoms with van der Waals surface area (Å²) in [6.45, 7) is 3.92. The third kappa shape index (κ3) is 4.17. The monoisotopic (exact) mass is 486 g/mol. The van der Waals surface area contributed by atoms with Crippen LogP contribution >= 0.6 is 0 Å². The number of esters is 1. The van der Waals surface area contributed by atoms with Gasteiger partial charge in [-0.1, -0.05) is 24.3 Å². The summed E-state index contributed by atoms with van der Waals surface area (Å²) in [6.07, 6.45) is 1.61. The standard InChI is InChI=1S/C29H26O7/c1-16(2)35-20-11-7-17(8-12-20)21-13-25(30)36-24-14-23(33-4)27-28(31)22(15-34-29(27)26(21)24)18-5-9-19(32-3)10-6-18/h5-12,14-16,21H,13H2,1-4H3/t21-/m1/s1. The SMILES string of the molecule is COc1ccc(-c2coc3c4c(cc(OC)c3c2=O)OC(=O)C[C@@H]4c2ccc(OC(C)C)cc2)cc1. The number of rotatable bonds is 6. The molecule has 0 saturated heterocycles. The minimum Gasteiger partial charge on any atom is -0.497 e. The maximum Gasteiger partial charge on any atom is 0.312 e. The number of fused-ring (bicyclic) bond motifs is 3. The summed E-state index contributed by atoms with van der Waals surface area (Å²) in [5.74, 6) is 1.30. The lowest BCUT2D eigenvalue weighted by Crippen LogP contribution is -2.22. The molecule has 184 valence electrons. The molecule has 0 radical (unpaired) electrons. The topological polar surface area (TPSA) is 84.2 Å². The van der Waals surface area contributed by atoms with E-state index in [9.17, 15) is 9.59 Å². The van der Waals surface area contributed by atoms with Gasteiger partial charge in [0, 0.05) is 17.5 Å². The van der Waals surface area contributed by atoms with Crippen LogP contribution < -0.4 is 24.4 Å². The van der Waals surface area contributed by atoms with Crippen LogP contribution in [0.5, 0.6) is 23.0 Å². The van der Waals surface area contributed by atoms with Gasteiger partial charge < -0.3 is 23.4 Å². The Labute approximate surface area is 208 Å². The van der Waals surface area contributed by atoms with Crippen molar-refractivity contribution in [1.29, 1.82) is 0 Å². The highest BCUT2D eigenvalue weighted by Crippen LogP contribution is 2.46. The molecule has 0 unspecified atom stereocenters. The maximum atomic E-state index is 13.7. The van der Waals surface area contributed by atoms with Crippen molar-refractivity contribution >= 4 is 16.9 Å². The zero-order chi connectivity index (χ0) is 25.4. The van der Waals surface area contributed by atoms with Gasteiger partial charge in [0.1, 0.15) is 40.2 Å². The van der Waals surface area contributed by atoms with Gasteiger partial charge in [0.25, 0.3) is 0 Å². The average molecular weight is 487 g/mol. The largest absolute Gasteiger partial charge is 0.497 e. The van der Waals surface area contributed by atoms with E-state index in [0.717, 1.165) is 11.3 Å². The summed E-state index contributed by atoms with van der Waals surface area (Å²) in [5, 5.41) is 0.298. The molecular weight excluding hydrogens is 460 g/mol. The minimum atomic E-state index is -0.367. The van der Waals surface area contributed by atoms with E-state index in [-0.39, 0.29) is 35.6 Å². The smallest absolute Gasteiger partial charge is 0.312 e. The highest BCUT2D eigenvalue weighted by molar-refractivity contribution is 5.94. The molecule has 36 heavy (non-hydrogen) atoms. The van der Waals surface area contributed by atoms with Crippen molar-refractivity contribution in [2.75, 3.05) is 14.2 Å². The normalized spacial score (nSPS) is 14.9. The maximum absolute atomic E-state index is 13.7. The Morgan fingerprint density at radius 2 is 1.61 bits per heavy atom. The minimum absolute atomic E-state index is 0.0480. The van der Waals surface area contributed by atoms with Crippen molar-refractivity contribution in [2.24, 2.45) is 0 Å². The molecule has 0 bridgehead atoms. The van der Waals surface area contributed by atoms with Crippen LogP contribution in [0.15, 0.2) is 70.1 Å². The zero-order valence-electron chi connectivity index (χ0n) is 20.5. The Hall–Kier alpha value is -4.26. The van der Waals surface area contributed by atoms with Crippen LogP contribution in [0.3, 0.4) is 0 Å². The second-order valence-corrected chi connectivity index (χ2v) is 8.87. The molecule has 0 aliphatic carbocycles. The summed E-state index contributed by atoms with van der Waals surface area (Å²) >= 11 is 0. The van der Waals surface area contributed by atoms with Gasteiger partial charge in [-0.05, 0) is 49.2 Å². The Morgan fingerprint density at radius 1 is 0.917 bits per heavy atom. The molecule has 0 N–H and O–H groups in total. The molecule has 0 spiro atoms. The van der Waals surface area contributed by atoms with E-state index in [0.29, 0.717) is 39.2 Å². The molecule has 1 atom stereocenters. The van der Waals surface area contributed by atoms with E-state index in [2.05, 4.69) is 0 Å². The van der Waals surface area contributed by atoms with Crippen LogP contribution in [0, 0.1) is 0 Å². The summed E-state index contributed by atoms with van der Waals surface area (Å²) < 4.78 is 28.2. The van der Waals surface area contributed by atoms with Crippen molar-refractivity contribution in [2.45, 2.75) is 32.3 Å². The van der Waals surface area contributed by atoms with Gasteiger partial charge in [0.05, 0.1) is 32.3 Å². The van der Waals surface area contributed by atoms with Crippen LogP contribution in [0.4, 0.5) is 0 Å². The van der Waals surface area contributed by atoms with Crippen molar-refractivity contribution in [1.82, 2.24) is 0 Å². The van der Waals surface area contributed by atoms with Crippen molar-refractivity contribution in [3.63, 3.8) is 0 Å². The van der Waals surface area contributed by atoms with Gasteiger partial charge in [-0.2, -0.15) is 0 Å². The molecule has 1 aliphatic heterocycles. The molecule has 0 fully saturated rings.